The summed E-state index contributed by atoms with van der Waals surface area (Å²) >= 11 is 0. The Labute approximate surface area is 111 Å². The monoisotopic (exact) mass is 243 g/mol. The van der Waals surface area contributed by atoms with Crippen LogP contribution < -0.4 is 5.32 Å². The van der Waals surface area contributed by atoms with E-state index in [0.29, 0.717) is 6.04 Å². The fraction of sp³-hybridized carbons (Fsp3) is 0.647. The van der Waals surface area contributed by atoms with Gasteiger partial charge in [0.15, 0.2) is 0 Å². The highest BCUT2D eigenvalue weighted by Gasteiger charge is 2.54. The lowest BCUT2D eigenvalue weighted by molar-refractivity contribution is 0.480. The number of benzene rings is 1. The zero-order valence-corrected chi connectivity index (χ0v) is 11.9. The van der Waals surface area contributed by atoms with Gasteiger partial charge in [-0.25, -0.2) is 0 Å². The average Bonchev–Trinajstić information content (AvgIpc) is 3.10. The molecule has 1 aromatic carbocycles. The molecule has 1 heteroatoms. The summed E-state index contributed by atoms with van der Waals surface area (Å²) in [6.07, 6.45) is 5.86. The van der Waals surface area contributed by atoms with Crippen LogP contribution in [0, 0.1) is 31.6 Å². The largest absolute Gasteiger partial charge is 0.313 e. The van der Waals surface area contributed by atoms with Gasteiger partial charge in [0, 0.05) is 6.04 Å². The van der Waals surface area contributed by atoms with Crippen LogP contribution in [0.3, 0.4) is 0 Å². The third-order valence-corrected chi connectivity index (χ3v) is 5.40. The van der Waals surface area contributed by atoms with Crippen molar-refractivity contribution in [3.63, 3.8) is 0 Å². The molecule has 0 aliphatic heterocycles. The van der Waals surface area contributed by atoms with Gasteiger partial charge in [-0.05, 0) is 68.2 Å². The molecule has 0 spiro atoms. The Hall–Kier alpha value is -0.820. The van der Waals surface area contributed by atoms with E-state index in [4.69, 9.17) is 0 Å². The first-order valence-corrected chi connectivity index (χ1v) is 7.47. The summed E-state index contributed by atoms with van der Waals surface area (Å²) in [6.45, 7) is 4.51. The molecule has 1 nitrogen and oxygen atoms in total. The first-order chi connectivity index (χ1) is 8.74. The number of aryl methyl sites for hydroxylation is 1. The second-order valence-corrected chi connectivity index (χ2v) is 6.25. The summed E-state index contributed by atoms with van der Waals surface area (Å²) in [5, 5.41) is 3.60. The van der Waals surface area contributed by atoms with Crippen molar-refractivity contribution in [3.8, 4) is 0 Å². The lowest BCUT2D eigenvalue weighted by Crippen LogP contribution is -2.21. The van der Waals surface area contributed by atoms with Crippen molar-refractivity contribution in [1.82, 2.24) is 5.32 Å². The van der Waals surface area contributed by atoms with E-state index in [1.807, 2.05) is 0 Å². The van der Waals surface area contributed by atoms with Crippen LogP contribution in [-0.2, 0) is 0 Å². The molecular formula is C17H25N. The molecule has 1 aromatic rings. The first-order valence-electron chi connectivity index (χ1n) is 7.47. The Morgan fingerprint density at radius 2 is 1.78 bits per heavy atom. The molecule has 0 heterocycles. The summed E-state index contributed by atoms with van der Waals surface area (Å²) < 4.78 is 0. The zero-order chi connectivity index (χ0) is 12.7. The minimum absolute atomic E-state index is 0.581. The third-order valence-electron chi connectivity index (χ3n) is 5.40. The van der Waals surface area contributed by atoms with Crippen LogP contribution in [0.5, 0.6) is 0 Å². The van der Waals surface area contributed by atoms with Gasteiger partial charge in [-0.2, -0.15) is 0 Å². The molecule has 18 heavy (non-hydrogen) atoms. The maximum Gasteiger partial charge on any atom is 0.0354 e. The minimum Gasteiger partial charge on any atom is -0.313 e. The van der Waals surface area contributed by atoms with Crippen LogP contribution in [0.4, 0.5) is 0 Å². The number of nitrogens with one attached hydrogen (secondary N) is 1. The van der Waals surface area contributed by atoms with Gasteiger partial charge >= 0.3 is 0 Å². The average molecular weight is 243 g/mol. The lowest BCUT2D eigenvalue weighted by Gasteiger charge is -2.20. The van der Waals surface area contributed by atoms with Crippen LogP contribution in [0.1, 0.15) is 48.4 Å². The van der Waals surface area contributed by atoms with Crippen molar-refractivity contribution in [2.45, 2.75) is 45.6 Å². The summed E-state index contributed by atoms with van der Waals surface area (Å²) in [6, 6.07) is 7.35. The Balaban J connectivity index is 1.87. The summed E-state index contributed by atoms with van der Waals surface area (Å²) in [4.78, 5) is 0. The van der Waals surface area contributed by atoms with E-state index in [-0.39, 0.29) is 0 Å². The van der Waals surface area contributed by atoms with Crippen LogP contribution in [-0.4, -0.2) is 7.05 Å². The fourth-order valence-corrected chi connectivity index (χ4v) is 4.21. The molecule has 0 amide bonds. The molecule has 2 aliphatic carbocycles. The Kier molecular flexibility index (Phi) is 3.19. The van der Waals surface area contributed by atoms with Gasteiger partial charge in [0.1, 0.15) is 0 Å². The molecule has 0 bridgehead atoms. The van der Waals surface area contributed by atoms with E-state index in [1.54, 1.807) is 0 Å². The van der Waals surface area contributed by atoms with Gasteiger partial charge in [-0.1, -0.05) is 31.0 Å². The van der Waals surface area contributed by atoms with Crippen LogP contribution in [0.15, 0.2) is 18.2 Å². The Morgan fingerprint density at radius 1 is 1.11 bits per heavy atom. The van der Waals surface area contributed by atoms with E-state index >= 15 is 0 Å². The van der Waals surface area contributed by atoms with Gasteiger partial charge < -0.3 is 5.32 Å². The van der Waals surface area contributed by atoms with Gasteiger partial charge in [-0.15, -0.1) is 0 Å². The van der Waals surface area contributed by atoms with Crippen molar-refractivity contribution in [1.29, 1.82) is 0 Å². The smallest absolute Gasteiger partial charge is 0.0354 e. The normalized spacial score (nSPS) is 31.8. The molecule has 3 unspecified atom stereocenters. The zero-order valence-electron chi connectivity index (χ0n) is 11.9. The quantitative estimate of drug-likeness (QED) is 0.846. The summed E-state index contributed by atoms with van der Waals surface area (Å²) in [5.41, 5.74) is 4.45. The van der Waals surface area contributed by atoms with Crippen molar-refractivity contribution in [3.05, 3.63) is 34.9 Å². The molecular weight excluding hydrogens is 218 g/mol. The standard InChI is InChI=1S/C17H25N/c1-11-7-6-10-13(12(11)2)17(18-3)16-14-8-4-5-9-15(14)16/h6-7,10,14-18H,4-5,8-9H2,1-3H3. The molecule has 0 radical (unpaired) electrons. The Bertz CT molecular complexity index is 425. The maximum absolute atomic E-state index is 3.60. The molecule has 2 aliphatic rings. The SMILES string of the molecule is CNC(c1cccc(C)c1C)C1C2CCCCC21. The maximum atomic E-state index is 3.60. The van der Waals surface area contributed by atoms with Crippen molar-refractivity contribution in [2.75, 3.05) is 7.05 Å². The van der Waals surface area contributed by atoms with E-state index in [1.165, 1.54) is 42.4 Å². The fourth-order valence-electron chi connectivity index (χ4n) is 4.21. The van der Waals surface area contributed by atoms with Gasteiger partial charge in [0.25, 0.3) is 0 Å². The van der Waals surface area contributed by atoms with Crippen LogP contribution in [0.2, 0.25) is 0 Å². The molecule has 0 saturated heterocycles. The lowest BCUT2D eigenvalue weighted by atomic mass is 9.93. The minimum atomic E-state index is 0.581. The van der Waals surface area contributed by atoms with E-state index in [2.05, 4.69) is 44.4 Å². The molecule has 3 atom stereocenters. The van der Waals surface area contributed by atoms with Crippen LogP contribution in [0.25, 0.3) is 0 Å². The number of rotatable bonds is 3. The molecule has 2 saturated carbocycles. The molecule has 1 N–H and O–H groups in total. The molecule has 0 aromatic heterocycles. The third kappa shape index (κ3) is 1.89. The molecule has 98 valence electrons. The number of hydrogen-bond donors (Lipinski definition) is 1. The number of hydrogen-bond acceptors (Lipinski definition) is 1. The van der Waals surface area contributed by atoms with Crippen molar-refractivity contribution in [2.24, 2.45) is 17.8 Å². The summed E-state index contributed by atoms with van der Waals surface area (Å²) in [7, 11) is 2.14. The second-order valence-electron chi connectivity index (χ2n) is 6.25. The second kappa shape index (κ2) is 4.70. The van der Waals surface area contributed by atoms with E-state index in [0.717, 1.165) is 17.8 Å². The molecule has 2 fully saturated rings. The van der Waals surface area contributed by atoms with Crippen molar-refractivity contribution < 1.29 is 0 Å². The van der Waals surface area contributed by atoms with E-state index < -0.39 is 0 Å². The van der Waals surface area contributed by atoms with Crippen LogP contribution >= 0.6 is 0 Å². The highest BCUT2D eigenvalue weighted by Crippen LogP contribution is 2.60. The highest BCUT2D eigenvalue weighted by atomic mass is 14.9. The number of fused-ring (bicyclic) bond motifs is 1. The highest BCUT2D eigenvalue weighted by molar-refractivity contribution is 5.36. The predicted octanol–water partition coefficient (Wildman–Crippen LogP) is 4.00. The first kappa shape index (κ1) is 12.2. The van der Waals surface area contributed by atoms with Gasteiger partial charge in [-0.3, -0.25) is 0 Å². The predicted molar refractivity (Wildman–Crippen MR) is 76.7 cm³/mol. The van der Waals surface area contributed by atoms with E-state index in [9.17, 15) is 0 Å². The summed E-state index contributed by atoms with van der Waals surface area (Å²) in [5.74, 6) is 2.92. The Morgan fingerprint density at radius 3 is 2.39 bits per heavy atom. The van der Waals surface area contributed by atoms with Gasteiger partial charge in [0.2, 0.25) is 0 Å². The topological polar surface area (TPSA) is 12.0 Å². The van der Waals surface area contributed by atoms with Crippen molar-refractivity contribution >= 4 is 0 Å². The molecule has 3 rings (SSSR count). The van der Waals surface area contributed by atoms with Gasteiger partial charge in [0.05, 0.1) is 0 Å².